The summed E-state index contributed by atoms with van der Waals surface area (Å²) in [4.78, 5) is 0. The minimum atomic E-state index is -0.312. The van der Waals surface area contributed by atoms with E-state index in [1.807, 2.05) is 38.1 Å². The zero-order valence-corrected chi connectivity index (χ0v) is 8.25. The van der Waals surface area contributed by atoms with Crippen molar-refractivity contribution in [3.8, 4) is 0 Å². The molecule has 0 aromatic heterocycles. The van der Waals surface area contributed by atoms with Crippen LogP contribution in [0.4, 0.5) is 0 Å². The van der Waals surface area contributed by atoms with E-state index < -0.39 is 0 Å². The standard InChI is InChI=1S/C12H16O/c1-4-12(3,9-13)11-7-5-10(2)6-8-11/h4-8,13H,1,9H2,2-3H3/t12-/m0/s1. The quantitative estimate of drug-likeness (QED) is 0.701. The Morgan fingerprint density at radius 2 is 1.92 bits per heavy atom. The topological polar surface area (TPSA) is 20.2 Å². The van der Waals surface area contributed by atoms with E-state index in [2.05, 4.69) is 6.58 Å². The van der Waals surface area contributed by atoms with Crippen LogP contribution in [0.5, 0.6) is 0 Å². The molecule has 0 unspecified atom stereocenters. The molecule has 70 valence electrons. The first kappa shape index (κ1) is 10.0. The molecule has 0 radical (unpaired) electrons. The van der Waals surface area contributed by atoms with E-state index in [0.717, 1.165) is 5.56 Å². The summed E-state index contributed by atoms with van der Waals surface area (Å²) in [6, 6.07) is 8.17. The Kier molecular flexibility index (Phi) is 2.89. The summed E-state index contributed by atoms with van der Waals surface area (Å²) in [6.45, 7) is 7.87. The van der Waals surface area contributed by atoms with Crippen LogP contribution in [0.15, 0.2) is 36.9 Å². The van der Waals surface area contributed by atoms with Gasteiger partial charge in [-0.25, -0.2) is 0 Å². The molecule has 0 fully saturated rings. The summed E-state index contributed by atoms with van der Waals surface area (Å²) < 4.78 is 0. The van der Waals surface area contributed by atoms with Crippen LogP contribution in [0.1, 0.15) is 18.1 Å². The van der Waals surface area contributed by atoms with Gasteiger partial charge in [-0.2, -0.15) is 0 Å². The highest BCUT2D eigenvalue weighted by Gasteiger charge is 2.20. The number of aliphatic hydroxyl groups excluding tert-OH is 1. The first-order valence-corrected chi connectivity index (χ1v) is 4.44. The van der Waals surface area contributed by atoms with Gasteiger partial charge in [-0.1, -0.05) is 35.9 Å². The predicted molar refractivity (Wildman–Crippen MR) is 55.8 cm³/mol. The Morgan fingerprint density at radius 3 is 2.31 bits per heavy atom. The van der Waals surface area contributed by atoms with Gasteiger partial charge in [0.2, 0.25) is 0 Å². The molecule has 1 atom stereocenters. The van der Waals surface area contributed by atoms with Crippen LogP contribution in [0.25, 0.3) is 0 Å². The van der Waals surface area contributed by atoms with Gasteiger partial charge in [-0.15, -0.1) is 6.58 Å². The Labute approximate surface area is 79.7 Å². The Balaban J connectivity index is 3.06. The smallest absolute Gasteiger partial charge is 0.0559 e. The van der Waals surface area contributed by atoms with Crippen molar-refractivity contribution >= 4 is 0 Å². The summed E-state index contributed by atoms with van der Waals surface area (Å²) in [5.41, 5.74) is 2.02. The average molecular weight is 176 g/mol. The zero-order chi connectivity index (χ0) is 9.90. The second kappa shape index (κ2) is 3.75. The van der Waals surface area contributed by atoms with Crippen molar-refractivity contribution in [2.45, 2.75) is 19.3 Å². The minimum absolute atomic E-state index is 0.0968. The lowest BCUT2D eigenvalue weighted by atomic mass is 9.83. The highest BCUT2D eigenvalue weighted by molar-refractivity contribution is 5.31. The molecule has 13 heavy (non-hydrogen) atoms. The molecule has 0 amide bonds. The SMILES string of the molecule is C=C[C@@](C)(CO)c1ccc(C)cc1. The second-order valence-electron chi connectivity index (χ2n) is 3.65. The Morgan fingerprint density at radius 1 is 1.38 bits per heavy atom. The molecule has 0 saturated carbocycles. The van der Waals surface area contributed by atoms with Crippen molar-refractivity contribution < 1.29 is 5.11 Å². The number of aliphatic hydroxyl groups is 1. The normalized spacial score (nSPS) is 15.0. The molecular formula is C12H16O. The van der Waals surface area contributed by atoms with E-state index in [4.69, 9.17) is 0 Å². The van der Waals surface area contributed by atoms with Crippen LogP contribution in [-0.4, -0.2) is 11.7 Å². The fourth-order valence-corrected chi connectivity index (χ4v) is 1.21. The van der Waals surface area contributed by atoms with Crippen molar-refractivity contribution in [2.24, 2.45) is 0 Å². The lowest BCUT2D eigenvalue weighted by Crippen LogP contribution is -2.23. The summed E-state index contributed by atoms with van der Waals surface area (Å²) in [5, 5.41) is 9.24. The first-order valence-electron chi connectivity index (χ1n) is 4.44. The van der Waals surface area contributed by atoms with Crippen LogP contribution in [0.2, 0.25) is 0 Å². The van der Waals surface area contributed by atoms with Crippen molar-refractivity contribution in [3.05, 3.63) is 48.0 Å². The summed E-state index contributed by atoms with van der Waals surface area (Å²) in [5.74, 6) is 0. The number of benzene rings is 1. The summed E-state index contributed by atoms with van der Waals surface area (Å²) in [7, 11) is 0. The molecule has 1 rings (SSSR count). The second-order valence-corrected chi connectivity index (χ2v) is 3.65. The number of hydrogen-bond acceptors (Lipinski definition) is 1. The molecule has 1 aromatic rings. The lowest BCUT2D eigenvalue weighted by molar-refractivity contribution is 0.236. The molecule has 0 aliphatic carbocycles. The van der Waals surface area contributed by atoms with Crippen molar-refractivity contribution in [1.82, 2.24) is 0 Å². The Hall–Kier alpha value is -1.08. The molecule has 0 aliphatic rings. The Bertz CT molecular complexity index is 286. The predicted octanol–water partition coefficient (Wildman–Crippen LogP) is 2.43. The van der Waals surface area contributed by atoms with Crippen molar-refractivity contribution in [2.75, 3.05) is 6.61 Å². The van der Waals surface area contributed by atoms with Gasteiger partial charge in [0, 0.05) is 5.41 Å². The van der Waals surface area contributed by atoms with Crippen molar-refractivity contribution in [3.63, 3.8) is 0 Å². The maximum atomic E-state index is 9.24. The van der Waals surface area contributed by atoms with Crippen LogP contribution >= 0.6 is 0 Å². The first-order chi connectivity index (χ1) is 6.12. The average Bonchev–Trinajstić information content (AvgIpc) is 2.18. The monoisotopic (exact) mass is 176 g/mol. The van der Waals surface area contributed by atoms with Gasteiger partial charge >= 0.3 is 0 Å². The molecule has 0 spiro atoms. The highest BCUT2D eigenvalue weighted by atomic mass is 16.3. The molecule has 1 heteroatoms. The third-order valence-corrected chi connectivity index (χ3v) is 2.49. The lowest BCUT2D eigenvalue weighted by Gasteiger charge is -2.23. The van der Waals surface area contributed by atoms with E-state index in [1.54, 1.807) is 6.08 Å². The molecule has 1 nitrogen and oxygen atoms in total. The summed E-state index contributed by atoms with van der Waals surface area (Å²) >= 11 is 0. The van der Waals surface area contributed by atoms with Crippen LogP contribution < -0.4 is 0 Å². The van der Waals surface area contributed by atoms with E-state index >= 15 is 0 Å². The number of hydrogen-bond donors (Lipinski definition) is 1. The molecule has 0 bridgehead atoms. The zero-order valence-electron chi connectivity index (χ0n) is 8.25. The molecule has 1 aromatic carbocycles. The molecule has 0 aliphatic heterocycles. The van der Waals surface area contributed by atoms with E-state index in [0.29, 0.717) is 0 Å². The van der Waals surface area contributed by atoms with Crippen LogP contribution in [-0.2, 0) is 5.41 Å². The molecule has 0 saturated heterocycles. The van der Waals surface area contributed by atoms with Gasteiger partial charge in [0.1, 0.15) is 0 Å². The fraction of sp³-hybridized carbons (Fsp3) is 0.333. The van der Waals surface area contributed by atoms with E-state index in [-0.39, 0.29) is 12.0 Å². The van der Waals surface area contributed by atoms with Gasteiger partial charge in [-0.3, -0.25) is 0 Å². The van der Waals surface area contributed by atoms with Gasteiger partial charge in [0.15, 0.2) is 0 Å². The maximum absolute atomic E-state index is 9.24. The van der Waals surface area contributed by atoms with E-state index in [1.165, 1.54) is 5.56 Å². The van der Waals surface area contributed by atoms with E-state index in [9.17, 15) is 5.11 Å². The maximum Gasteiger partial charge on any atom is 0.0559 e. The summed E-state index contributed by atoms with van der Waals surface area (Å²) in [6.07, 6.45) is 1.79. The largest absolute Gasteiger partial charge is 0.395 e. The van der Waals surface area contributed by atoms with Crippen LogP contribution in [0, 0.1) is 6.92 Å². The van der Waals surface area contributed by atoms with Crippen LogP contribution in [0.3, 0.4) is 0 Å². The highest BCUT2D eigenvalue weighted by Crippen LogP contribution is 2.24. The third-order valence-electron chi connectivity index (χ3n) is 2.49. The van der Waals surface area contributed by atoms with Crippen molar-refractivity contribution in [1.29, 1.82) is 0 Å². The van der Waals surface area contributed by atoms with Gasteiger partial charge < -0.3 is 5.11 Å². The molecular weight excluding hydrogens is 160 g/mol. The number of rotatable bonds is 3. The fourth-order valence-electron chi connectivity index (χ4n) is 1.21. The van der Waals surface area contributed by atoms with Gasteiger partial charge in [-0.05, 0) is 19.4 Å². The van der Waals surface area contributed by atoms with Gasteiger partial charge in [0.25, 0.3) is 0 Å². The van der Waals surface area contributed by atoms with Gasteiger partial charge in [0.05, 0.1) is 6.61 Å². The minimum Gasteiger partial charge on any atom is -0.395 e. The third kappa shape index (κ3) is 1.99. The number of aryl methyl sites for hydroxylation is 1. The molecule has 1 N–H and O–H groups in total. The molecule has 0 heterocycles.